The number of carbonyl (C=O) groups is 3. The smallest absolute Gasteiger partial charge is 0.372 e. The Bertz CT molecular complexity index is 729. The number of aliphatic carboxylic acids is 1. The van der Waals surface area contributed by atoms with Crippen molar-refractivity contribution in [2.75, 3.05) is 119 Å². The van der Waals surface area contributed by atoms with Crippen molar-refractivity contribution in [1.82, 2.24) is 0 Å². The molecule has 0 bridgehead atoms. The van der Waals surface area contributed by atoms with E-state index in [1.807, 2.05) is 0 Å². The van der Waals surface area contributed by atoms with Crippen molar-refractivity contribution in [1.29, 1.82) is 0 Å². The minimum atomic E-state index is -1.71. The standard InChI is InChI=1S/C29H56O14Si/c1-29(2,3)44(4,5)43-25-23-41-21-19-39-17-15-37-13-11-35-9-8-34-10-12-36-14-16-38-18-20-40-22-24-42-27(31)7-6-26(30)28(32)33/h6-25H2,1-5H3,(H,32,33). The second-order valence-corrected chi connectivity index (χ2v) is 15.8. The Morgan fingerprint density at radius 2 is 0.795 bits per heavy atom. The minimum Gasteiger partial charge on any atom is -0.476 e. The molecule has 0 aliphatic carbocycles. The molecule has 14 nitrogen and oxygen atoms in total. The molecule has 15 heteroatoms. The number of Topliss-reactive ketones (excluding diaryl/α,β-unsaturated/α-hetero) is 1. The number of esters is 1. The van der Waals surface area contributed by atoms with Gasteiger partial charge in [0.2, 0.25) is 5.78 Å². The number of rotatable bonds is 32. The fourth-order valence-electron chi connectivity index (χ4n) is 2.82. The third-order valence-corrected chi connectivity index (χ3v) is 10.9. The summed E-state index contributed by atoms with van der Waals surface area (Å²) < 4.78 is 54.4. The van der Waals surface area contributed by atoms with Gasteiger partial charge in [-0.05, 0) is 18.1 Å². The van der Waals surface area contributed by atoms with E-state index in [0.717, 1.165) is 0 Å². The number of carboxylic acids is 1. The zero-order valence-corrected chi connectivity index (χ0v) is 28.4. The van der Waals surface area contributed by atoms with Crippen LogP contribution in [0.15, 0.2) is 0 Å². The average Bonchev–Trinajstić information content (AvgIpc) is 2.96. The molecule has 0 aromatic carbocycles. The average molecular weight is 657 g/mol. The Kier molecular flexibility index (Phi) is 26.8. The number of ketones is 1. The van der Waals surface area contributed by atoms with Crippen LogP contribution in [0, 0.1) is 0 Å². The van der Waals surface area contributed by atoms with Crippen LogP contribution in [0.1, 0.15) is 33.6 Å². The first-order valence-corrected chi connectivity index (χ1v) is 18.1. The maximum absolute atomic E-state index is 11.4. The van der Waals surface area contributed by atoms with Gasteiger partial charge in [-0.1, -0.05) is 20.8 Å². The van der Waals surface area contributed by atoms with Crippen molar-refractivity contribution in [2.45, 2.75) is 51.7 Å². The van der Waals surface area contributed by atoms with Crippen molar-refractivity contribution >= 4 is 26.0 Å². The molecule has 0 saturated heterocycles. The van der Waals surface area contributed by atoms with Crippen LogP contribution in [-0.4, -0.2) is 150 Å². The van der Waals surface area contributed by atoms with Gasteiger partial charge in [-0.3, -0.25) is 9.59 Å². The Labute approximate surface area is 263 Å². The van der Waals surface area contributed by atoms with E-state index in [4.69, 9.17) is 52.2 Å². The normalized spacial score (nSPS) is 12.0. The van der Waals surface area contributed by atoms with Gasteiger partial charge in [0.25, 0.3) is 0 Å². The molecule has 0 aliphatic rings. The molecule has 0 saturated carbocycles. The zero-order valence-electron chi connectivity index (χ0n) is 27.4. The third kappa shape index (κ3) is 26.8. The summed E-state index contributed by atoms with van der Waals surface area (Å²) in [5, 5.41) is 8.64. The Hall–Kier alpha value is -1.53. The highest BCUT2D eigenvalue weighted by atomic mass is 28.4. The van der Waals surface area contributed by atoms with Gasteiger partial charge in [0.05, 0.1) is 119 Å². The molecule has 0 amide bonds. The van der Waals surface area contributed by atoms with Crippen LogP contribution < -0.4 is 0 Å². The lowest BCUT2D eigenvalue weighted by molar-refractivity contribution is -0.151. The molecule has 0 fully saturated rings. The lowest BCUT2D eigenvalue weighted by Gasteiger charge is -2.36. The molecule has 0 unspecified atom stereocenters. The van der Waals surface area contributed by atoms with Gasteiger partial charge in [-0.25, -0.2) is 4.79 Å². The summed E-state index contributed by atoms with van der Waals surface area (Å²) in [6, 6.07) is 0. The molecule has 0 aromatic heterocycles. The second kappa shape index (κ2) is 27.8. The highest BCUT2D eigenvalue weighted by molar-refractivity contribution is 6.74. The van der Waals surface area contributed by atoms with Crippen LogP contribution >= 0.6 is 0 Å². The van der Waals surface area contributed by atoms with E-state index in [1.165, 1.54) is 0 Å². The summed E-state index contributed by atoms with van der Waals surface area (Å²) >= 11 is 0. The molecule has 0 heterocycles. The van der Waals surface area contributed by atoms with Crippen molar-refractivity contribution in [3.8, 4) is 0 Å². The van der Waals surface area contributed by atoms with Gasteiger partial charge in [0.15, 0.2) is 8.32 Å². The molecule has 260 valence electrons. The molecular formula is C29H56O14Si. The minimum absolute atomic E-state index is 0.0175. The highest BCUT2D eigenvalue weighted by Crippen LogP contribution is 2.36. The fraction of sp³-hybridized carbons (Fsp3) is 0.897. The summed E-state index contributed by atoms with van der Waals surface area (Å²) in [6.45, 7) is 18.9. The molecule has 0 aromatic rings. The van der Waals surface area contributed by atoms with Gasteiger partial charge in [0, 0.05) is 6.42 Å². The summed E-state index contributed by atoms with van der Waals surface area (Å²) in [6.07, 6.45) is -0.654. The number of hydrogen-bond acceptors (Lipinski definition) is 13. The maximum Gasteiger partial charge on any atom is 0.372 e. The van der Waals surface area contributed by atoms with Gasteiger partial charge in [-0.15, -0.1) is 0 Å². The van der Waals surface area contributed by atoms with Gasteiger partial charge in [-0.2, -0.15) is 0 Å². The second-order valence-electron chi connectivity index (χ2n) is 11.0. The molecule has 0 radical (unpaired) electrons. The van der Waals surface area contributed by atoms with E-state index in [9.17, 15) is 14.4 Å². The van der Waals surface area contributed by atoms with Crippen molar-refractivity contribution in [3.05, 3.63) is 0 Å². The SMILES string of the molecule is CC(C)(C)[Si](C)(C)OCCOCCOCCOCCOCCOCCOCCOCCOCCOC(=O)CCC(=O)C(=O)O. The lowest BCUT2D eigenvalue weighted by Crippen LogP contribution is -2.41. The predicted molar refractivity (Wildman–Crippen MR) is 163 cm³/mol. The van der Waals surface area contributed by atoms with Gasteiger partial charge in [0.1, 0.15) is 6.61 Å². The molecule has 44 heavy (non-hydrogen) atoms. The van der Waals surface area contributed by atoms with Crippen LogP contribution in [0.3, 0.4) is 0 Å². The molecular weight excluding hydrogens is 600 g/mol. The van der Waals surface area contributed by atoms with Crippen LogP contribution in [0.5, 0.6) is 0 Å². The first-order valence-electron chi connectivity index (χ1n) is 15.1. The van der Waals surface area contributed by atoms with E-state index in [0.29, 0.717) is 106 Å². The van der Waals surface area contributed by atoms with Crippen LogP contribution in [0.25, 0.3) is 0 Å². The first-order chi connectivity index (χ1) is 21.0. The molecule has 0 aliphatic heterocycles. The van der Waals surface area contributed by atoms with E-state index in [1.54, 1.807) is 0 Å². The monoisotopic (exact) mass is 656 g/mol. The topological polar surface area (TPSA) is 164 Å². The molecule has 0 spiro atoms. The summed E-state index contributed by atoms with van der Waals surface area (Å²) in [5.74, 6) is -3.23. The number of ether oxygens (including phenoxy) is 9. The van der Waals surface area contributed by atoms with Crippen LogP contribution in [-0.2, 0) is 61.4 Å². The lowest BCUT2D eigenvalue weighted by atomic mass is 10.2. The van der Waals surface area contributed by atoms with E-state index < -0.39 is 26.0 Å². The van der Waals surface area contributed by atoms with E-state index in [-0.39, 0.29) is 31.1 Å². The molecule has 1 N–H and O–H groups in total. The fourth-order valence-corrected chi connectivity index (χ4v) is 3.85. The largest absolute Gasteiger partial charge is 0.476 e. The maximum atomic E-state index is 11.4. The molecule has 0 rings (SSSR count). The van der Waals surface area contributed by atoms with Crippen molar-refractivity contribution in [2.24, 2.45) is 0 Å². The van der Waals surface area contributed by atoms with E-state index in [2.05, 4.69) is 33.9 Å². The third-order valence-electron chi connectivity index (χ3n) is 6.39. The molecule has 0 atom stereocenters. The summed E-state index contributed by atoms with van der Waals surface area (Å²) in [7, 11) is -1.71. The summed E-state index contributed by atoms with van der Waals surface area (Å²) in [4.78, 5) is 32.6. The number of carbonyl (C=O) groups excluding carboxylic acids is 2. The zero-order chi connectivity index (χ0) is 32.9. The summed E-state index contributed by atoms with van der Waals surface area (Å²) in [5.41, 5.74) is 0. The van der Waals surface area contributed by atoms with Crippen molar-refractivity contribution < 1.29 is 66.5 Å². The van der Waals surface area contributed by atoms with Gasteiger partial charge >= 0.3 is 11.9 Å². The first kappa shape index (κ1) is 42.5. The Balaban J connectivity index is 3.21. The Morgan fingerprint density at radius 1 is 0.500 bits per heavy atom. The quantitative estimate of drug-likeness (QED) is 0.0485. The number of hydrogen-bond donors (Lipinski definition) is 1. The Morgan fingerprint density at radius 3 is 1.09 bits per heavy atom. The van der Waals surface area contributed by atoms with Crippen LogP contribution in [0.4, 0.5) is 0 Å². The number of carboxylic acid groups (broad SMARTS) is 1. The van der Waals surface area contributed by atoms with Crippen LogP contribution in [0.2, 0.25) is 18.1 Å². The van der Waals surface area contributed by atoms with Gasteiger partial charge < -0.3 is 52.2 Å². The predicted octanol–water partition coefficient (Wildman–Crippen LogP) is 2.12. The highest BCUT2D eigenvalue weighted by Gasteiger charge is 2.36. The van der Waals surface area contributed by atoms with Crippen molar-refractivity contribution in [3.63, 3.8) is 0 Å². The van der Waals surface area contributed by atoms with E-state index >= 15 is 0 Å².